The predicted octanol–water partition coefficient (Wildman–Crippen LogP) is 4.74. The van der Waals surface area contributed by atoms with Crippen molar-refractivity contribution >= 4 is 27.5 Å². The number of hydrogen-bond donors (Lipinski definition) is 2. The summed E-state index contributed by atoms with van der Waals surface area (Å²) in [5.74, 6) is 5.62. The Hall–Kier alpha value is -0.350. The Kier molecular flexibility index (Phi) is 7.59. The summed E-state index contributed by atoms with van der Waals surface area (Å²) in [5, 5.41) is 0.757. The minimum Gasteiger partial charge on any atom is -0.271 e. The van der Waals surface area contributed by atoms with Crippen LogP contribution in [0, 0.1) is 0 Å². The van der Waals surface area contributed by atoms with E-state index >= 15 is 0 Å². The van der Waals surface area contributed by atoms with Gasteiger partial charge in [0.1, 0.15) is 0 Å². The SMILES string of the molecule is C=CCCCCCC(NN)c1cc(Br)ccc1Cl. The maximum atomic E-state index is 6.20. The molecule has 0 fully saturated rings. The standard InChI is InChI=1S/C14H20BrClN2/c1-2-3-4-5-6-7-14(18-17)12-10-11(15)8-9-13(12)16/h2,8-10,14,18H,1,3-7,17H2. The monoisotopic (exact) mass is 330 g/mol. The zero-order chi connectivity index (χ0) is 13.4. The molecular weight excluding hydrogens is 312 g/mol. The van der Waals surface area contributed by atoms with Gasteiger partial charge in [-0.05, 0) is 43.0 Å². The summed E-state index contributed by atoms with van der Waals surface area (Å²) in [5.41, 5.74) is 3.90. The van der Waals surface area contributed by atoms with Crippen molar-refractivity contribution < 1.29 is 0 Å². The maximum absolute atomic E-state index is 6.20. The third-order valence-corrected chi connectivity index (χ3v) is 3.77. The lowest BCUT2D eigenvalue weighted by Crippen LogP contribution is -2.28. The van der Waals surface area contributed by atoms with Gasteiger partial charge in [-0.3, -0.25) is 11.3 Å². The molecule has 2 nitrogen and oxygen atoms in total. The Labute approximate surface area is 123 Å². The fraction of sp³-hybridized carbons (Fsp3) is 0.429. The van der Waals surface area contributed by atoms with E-state index in [0.29, 0.717) is 0 Å². The number of rotatable bonds is 8. The normalized spacial score (nSPS) is 12.4. The van der Waals surface area contributed by atoms with Gasteiger partial charge in [0.2, 0.25) is 0 Å². The van der Waals surface area contributed by atoms with Crippen LogP contribution in [0.5, 0.6) is 0 Å². The van der Waals surface area contributed by atoms with Crippen molar-refractivity contribution in [2.24, 2.45) is 5.84 Å². The highest BCUT2D eigenvalue weighted by Gasteiger charge is 2.13. The first kappa shape index (κ1) is 15.7. The zero-order valence-corrected chi connectivity index (χ0v) is 12.8. The average Bonchev–Trinajstić information content (AvgIpc) is 2.37. The molecule has 4 heteroatoms. The highest BCUT2D eigenvalue weighted by Crippen LogP contribution is 2.29. The molecule has 0 heterocycles. The fourth-order valence-electron chi connectivity index (χ4n) is 1.92. The van der Waals surface area contributed by atoms with E-state index in [1.54, 1.807) is 0 Å². The van der Waals surface area contributed by atoms with Crippen LogP contribution < -0.4 is 11.3 Å². The quantitative estimate of drug-likeness (QED) is 0.312. The predicted molar refractivity (Wildman–Crippen MR) is 82.5 cm³/mol. The molecule has 0 aliphatic carbocycles. The highest BCUT2D eigenvalue weighted by molar-refractivity contribution is 9.10. The van der Waals surface area contributed by atoms with E-state index in [0.717, 1.165) is 34.3 Å². The lowest BCUT2D eigenvalue weighted by Gasteiger charge is -2.18. The van der Waals surface area contributed by atoms with Crippen molar-refractivity contribution in [3.8, 4) is 0 Å². The third-order valence-electron chi connectivity index (χ3n) is 2.94. The summed E-state index contributed by atoms with van der Waals surface area (Å²) >= 11 is 9.66. The molecule has 0 amide bonds. The summed E-state index contributed by atoms with van der Waals surface area (Å²) in [4.78, 5) is 0. The van der Waals surface area contributed by atoms with Gasteiger partial charge in [-0.15, -0.1) is 6.58 Å². The summed E-state index contributed by atoms with van der Waals surface area (Å²) in [6.07, 6.45) is 7.54. The van der Waals surface area contributed by atoms with Gasteiger partial charge in [0, 0.05) is 15.5 Å². The van der Waals surface area contributed by atoms with Gasteiger partial charge >= 0.3 is 0 Å². The van der Waals surface area contributed by atoms with Crippen LogP contribution in [-0.4, -0.2) is 0 Å². The number of nitrogens with one attached hydrogen (secondary N) is 1. The molecular formula is C14H20BrClN2. The largest absolute Gasteiger partial charge is 0.271 e. The van der Waals surface area contributed by atoms with Gasteiger partial charge in [-0.25, -0.2) is 0 Å². The van der Waals surface area contributed by atoms with Crippen LogP contribution >= 0.6 is 27.5 Å². The molecule has 1 unspecified atom stereocenters. The molecule has 1 atom stereocenters. The summed E-state index contributed by atoms with van der Waals surface area (Å²) in [6, 6.07) is 5.96. The topological polar surface area (TPSA) is 38.0 Å². The van der Waals surface area contributed by atoms with E-state index in [-0.39, 0.29) is 6.04 Å². The second-order valence-electron chi connectivity index (χ2n) is 4.31. The zero-order valence-electron chi connectivity index (χ0n) is 10.5. The van der Waals surface area contributed by atoms with E-state index < -0.39 is 0 Å². The van der Waals surface area contributed by atoms with E-state index in [2.05, 4.69) is 27.9 Å². The molecule has 1 rings (SSSR count). The van der Waals surface area contributed by atoms with Crippen molar-refractivity contribution in [3.05, 3.63) is 45.9 Å². The molecule has 0 saturated heterocycles. The number of benzene rings is 1. The van der Waals surface area contributed by atoms with Crippen LogP contribution in [-0.2, 0) is 0 Å². The number of unbranched alkanes of at least 4 members (excludes halogenated alkanes) is 3. The molecule has 18 heavy (non-hydrogen) atoms. The van der Waals surface area contributed by atoms with Crippen LogP contribution in [0.25, 0.3) is 0 Å². The number of allylic oxidation sites excluding steroid dienone is 1. The number of hydrogen-bond acceptors (Lipinski definition) is 2. The number of nitrogens with two attached hydrogens (primary N) is 1. The van der Waals surface area contributed by atoms with Gasteiger partial charge < -0.3 is 0 Å². The molecule has 0 aliphatic rings. The average molecular weight is 332 g/mol. The van der Waals surface area contributed by atoms with Crippen LogP contribution in [0.15, 0.2) is 35.3 Å². The smallest absolute Gasteiger partial charge is 0.0475 e. The first-order valence-corrected chi connectivity index (χ1v) is 7.38. The van der Waals surface area contributed by atoms with Gasteiger partial charge in [0.15, 0.2) is 0 Å². The Balaban J connectivity index is 2.54. The van der Waals surface area contributed by atoms with Crippen molar-refractivity contribution in [2.45, 2.75) is 38.1 Å². The van der Waals surface area contributed by atoms with Crippen LogP contribution in [0.4, 0.5) is 0 Å². The maximum Gasteiger partial charge on any atom is 0.0475 e. The minimum absolute atomic E-state index is 0.110. The van der Waals surface area contributed by atoms with Gasteiger partial charge in [0.05, 0.1) is 0 Å². The molecule has 0 aromatic heterocycles. The molecule has 0 aliphatic heterocycles. The van der Waals surface area contributed by atoms with Crippen molar-refractivity contribution in [2.75, 3.05) is 0 Å². The van der Waals surface area contributed by atoms with Crippen molar-refractivity contribution in [1.29, 1.82) is 0 Å². The summed E-state index contributed by atoms with van der Waals surface area (Å²) in [7, 11) is 0. The lowest BCUT2D eigenvalue weighted by molar-refractivity contribution is 0.484. The molecule has 100 valence electrons. The third kappa shape index (κ3) is 5.11. The number of hydrazine groups is 1. The lowest BCUT2D eigenvalue weighted by atomic mass is 10.0. The second kappa shape index (κ2) is 8.70. The van der Waals surface area contributed by atoms with Crippen molar-refractivity contribution in [1.82, 2.24) is 5.43 Å². The second-order valence-corrected chi connectivity index (χ2v) is 5.63. The molecule has 0 saturated carbocycles. The molecule has 1 aromatic rings. The highest BCUT2D eigenvalue weighted by atomic mass is 79.9. The fourth-order valence-corrected chi connectivity index (χ4v) is 2.55. The van der Waals surface area contributed by atoms with Gasteiger partial charge in [0.25, 0.3) is 0 Å². The molecule has 0 radical (unpaired) electrons. The van der Waals surface area contributed by atoms with E-state index in [4.69, 9.17) is 17.4 Å². The Morgan fingerprint density at radius 1 is 1.39 bits per heavy atom. The summed E-state index contributed by atoms with van der Waals surface area (Å²) < 4.78 is 1.02. The van der Waals surface area contributed by atoms with E-state index in [9.17, 15) is 0 Å². The molecule has 3 N–H and O–H groups in total. The van der Waals surface area contributed by atoms with Crippen LogP contribution in [0.3, 0.4) is 0 Å². The van der Waals surface area contributed by atoms with E-state index in [1.807, 2.05) is 24.3 Å². The molecule has 0 bridgehead atoms. The van der Waals surface area contributed by atoms with Crippen LogP contribution in [0.2, 0.25) is 5.02 Å². The van der Waals surface area contributed by atoms with Gasteiger partial charge in [-0.1, -0.05) is 46.4 Å². The first-order chi connectivity index (χ1) is 8.69. The molecule has 1 aromatic carbocycles. The first-order valence-electron chi connectivity index (χ1n) is 6.21. The van der Waals surface area contributed by atoms with Crippen molar-refractivity contribution in [3.63, 3.8) is 0 Å². The Bertz CT molecular complexity index is 382. The molecule has 0 spiro atoms. The van der Waals surface area contributed by atoms with Crippen LogP contribution in [0.1, 0.15) is 43.7 Å². The summed E-state index contributed by atoms with van der Waals surface area (Å²) in [6.45, 7) is 3.72. The Morgan fingerprint density at radius 2 is 2.17 bits per heavy atom. The Morgan fingerprint density at radius 3 is 2.83 bits per heavy atom. The number of halogens is 2. The minimum atomic E-state index is 0.110. The van der Waals surface area contributed by atoms with E-state index in [1.165, 1.54) is 12.8 Å². The van der Waals surface area contributed by atoms with Gasteiger partial charge in [-0.2, -0.15) is 0 Å².